The number of nitrogens with one attached hydrogen (secondary N) is 1. The lowest BCUT2D eigenvalue weighted by molar-refractivity contribution is -0.122. The number of amides is 4. The predicted octanol–water partition coefficient (Wildman–Crippen LogP) is 3.67. The van der Waals surface area contributed by atoms with E-state index in [9.17, 15) is 14.4 Å². The zero-order valence-corrected chi connectivity index (χ0v) is 18.3. The summed E-state index contributed by atoms with van der Waals surface area (Å²) in [5.41, 5.74) is 1.59. The molecule has 1 heterocycles. The van der Waals surface area contributed by atoms with Crippen molar-refractivity contribution in [2.45, 2.75) is 13.8 Å². The molecule has 0 spiro atoms. The number of nitrogens with zero attached hydrogens (tertiary/aromatic N) is 1. The summed E-state index contributed by atoms with van der Waals surface area (Å²) in [5.74, 6) is -0.349. The molecule has 0 aromatic heterocycles. The number of halogens is 1. The number of benzene rings is 2. The fourth-order valence-electron chi connectivity index (χ4n) is 2.96. The van der Waals surface area contributed by atoms with Crippen molar-refractivity contribution in [2.75, 3.05) is 18.6 Å². The second-order valence-electron chi connectivity index (χ2n) is 6.21. The molecule has 0 atom stereocenters. The van der Waals surface area contributed by atoms with Gasteiger partial charge in [-0.2, -0.15) is 0 Å². The zero-order valence-electron chi connectivity index (χ0n) is 16.1. The number of barbiturate groups is 1. The summed E-state index contributed by atoms with van der Waals surface area (Å²) in [6.45, 7) is 4.13. The third kappa shape index (κ3) is 4.12. The number of urea groups is 1. The molecule has 0 radical (unpaired) electrons. The molecule has 2 aromatic rings. The van der Waals surface area contributed by atoms with Crippen molar-refractivity contribution in [3.63, 3.8) is 0 Å². The molecule has 4 amide bonds. The molecule has 7 nitrogen and oxygen atoms in total. The number of aryl methyl sites for hydroxylation is 1. The van der Waals surface area contributed by atoms with E-state index >= 15 is 0 Å². The van der Waals surface area contributed by atoms with Gasteiger partial charge in [-0.05, 0) is 71.8 Å². The van der Waals surface area contributed by atoms with Crippen molar-refractivity contribution in [1.29, 1.82) is 0 Å². The molecule has 0 saturated carbocycles. The number of carbonyl (C=O) groups excluding carboxylic acids is 3. The van der Waals surface area contributed by atoms with E-state index in [2.05, 4.69) is 27.9 Å². The highest BCUT2D eigenvalue weighted by atomic mass is 127. The first-order valence-electron chi connectivity index (χ1n) is 8.84. The van der Waals surface area contributed by atoms with Crippen LogP contribution in [-0.4, -0.2) is 31.6 Å². The van der Waals surface area contributed by atoms with Gasteiger partial charge in [0.1, 0.15) is 5.57 Å². The summed E-state index contributed by atoms with van der Waals surface area (Å²) in [6.07, 6.45) is 1.44. The zero-order chi connectivity index (χ0) is 21.1. The fourth-order valence-corrected chi connectivity index (χ4v) is 3.75. The van der Waals surface area contributed by atoms with E-state index in [4.69, 9.17) is 9.47 Å². The van der Waals surface area contributed by atoms with E-state index in [-0.39, 0.29) is 5.57 Å². The molecule has 29 heavy (non-hydrogen) atoms. The van der Waals surface area contributed by atoms with Gasteiger partial charge in [-0.25, -0.2) is 9.69 Å². The lowest BCUT2D eigenvalue weighted by atomic mass is 10.1. The number of methoxy groups -OCH3 is 1. The molecule has 1 aliphatic heterocycles. The summed E-state index contributed by atoms with van der Waals surface area (Å²) in [6, 6.07) is 9.65. The fraction of sp³-hybridized carbons (Fsp3) is 0.190. The minimum absolute atomic E-state index is 0.144. The Hall–Kier alpha value is -2.88. The van der Waals surface area contributed by atoms with Crippen LogP contribution >= 0.6 is 22.6 Å². The van der Waals surface area contributed by atoms with Crippen molar-refractivity contribution in [3.05, 3.63) is 56.7 Å². The number of rotatable bonds is 5. The maximum absolute atomic E-state index is 13.0. The highest BCUT2D eigenvalue weighted by Crippen LogP contribution is 2.35. The van der Waals surface area contributed by atoms with Gasteiger partial charge in [-0.3, -0.25) is 14.9 Å². The summed E-state index contributed by atoms with van der Waals surface area (Å²) < 4.78 is 11.7. The Morgan fingerprint density at radius 1 is 1.17 bits per heavy atom. The predicted molar refractivity (Wildman–Crippen MR) is 117 cm³/mol. The monoisotopic (exact) mass is 506 g/mol. The average Bonchev–Trinajstić information content (AvgIpc) is 2.68. The first-order valence-corrected chi connectivity index (χ1v) is 9.92. The molecule has 0 unspecified atom stereocenters. The number of anilines is 1. The molecule has 0 aliphatic carbocycles. The summed E-state index contributed by atoms with van der Waals surface area (Å²) in [7, 11) is 1.52. The molecule has 1 N–H and O–H groups in total. The van der Waals surface area contributed by atoms with Crippen molar-refractivity contribution in [2.24, 2.45) is 0 Å². The van der Waals surface area contributed by atoms with Crippen LogP contribution in [0.25, 0.3) is 6.08 Å². The van der Waals surface area contributed by atoms with Gasteiger partial charge in [-0.15, -0.1) is 0 Å². The number of hydrogen-bond donors (Lipinski definition) is 1. The largest absolute Gasteiger partial charge is 0.493 e. The standard InChI is InChI=1S/C21H19IN2O5/c1-4-29-18-15(22)10-13(11-17(18)28-3)9-14-19(25)23-21(27)24(20(14)26)16-8-6-5-7-12(16)2/h5-11H,4H2,1-3H3,(H,23,25,27)/b14-9+. The highest BCUT2D eigenvalue weighted by Gasteiger charge is 2.37. The highest BCUT2D eigenvalue weighted by molar-refractivity contribution is 14.1. The van der Waals surface area contributed by atoms with Crippen molar-refractivity contribution < 1.29 is 23.9 Å². The van der Waals surface area contributed by atoms with Crippen LogP contribution in [0, 0.1) is 10.5 Å². The van der Waals surface area contributed by atoms with Crippen LogP contribution in [0.4, 0.5) is 10.5 Å². The molecule has 8 heteroatoms. The average molecular weight is 506 g/mol. The number of carbonyl (C=O) groups is 3. The van der Waals surface area contributed by atoms with Crippen LogP contribution in [-0.2, 0) is 9.59 Å². The molecule has 3 rings (SSSR count). The van der Waals surface area contributed by atoms with Crippen LogP contribution in [0.3, 0.4) is 0 Å². The van der Waals surface area contributed by atoms with E-state index in [1.54, 1.807) is 43.3 Å². The second-order valence-corrected chi connectivity index (χ2v) is 7.37. The Bertz CT molecular complexity index is 1030. The second kappa shape index (κ2) is 8.64. The van der Waals surface area contributed by atoms with Gasteiger partial charge in [0.2, 0.25) is 0 Å². The van der Waals surface area contributed by atoms with Gasteiger partial charge < -0.3 is 9.47 Å². The number of ether oxygens (including phenoxy) is 2. The van der Waals surface area contributed by atoms with E-state index in [1.807, 2.05) is 6.92 Å². The molecule has 1 saturated heterocycles. The third-order valence-electron chi connectivity index (χ3n) is 4.31. The lowest BCUT2D eigenvalue weighted by Crippen LogP contribution is -2.54. The SMILES string of the molecule is CCOc1c(I)cc(/C=C2\C(=O)NC(=O)N(c3ccccc3C)C2=O)cc1OC. The van der Waals surface area contributed by atoms with E-state index in [0.717, 1.165) is 14.0 Å². The third-order valence-corrected chi connectivity index (χ3v) is 5.11. The van der Waals surface area contributed by atoms with Crippen LogP contribution in [0.2, 0.25) is 0 Å². The number of para-hydroxylation sites is 1. The topological polar surface area (TPSA) is 84.9 Å². The summed E-state index contributed by atoms with van der Waals surface area (Å²) in [5, 5.41) is 2.23. The molecule has 0 bridgehead atoms. The van der Waals surface area contributed by atoms with Gasteiger partial charge in [0, 0.05) is 0 Å². The Labute approximate surface area is 181 Å². The number of imide groups is 2. The van der Waals surface area contributed by atoms with Gasteiger partial charge in [0.25, 0.3) is 11.8 Å². The van der Waals surface area contributed by atoms with Gasteiger partial charge in [-0.1, -0.05) is 18.2 Å². The molecule has 1 fully saturated rings. The Morgan fingerprint density at radius 3 is 2.55 bits per heavy atom. The van der Waals surface area contributed by atoms with Gasteiger partial charge in [0.15, 0.2) is 11.5 Å². The maximum atomic E-state index is 13.0. The van der Waals surface area contributed by atoms with Gasteiger partial charge in [0.05, 0.1) is 23.0 Å². The van der Waals surface area contributed by atoms with E-state index in [0.29, 0.717) is 29.4 Å². The molecule has 2 aromatic carbocycles. The first kappa shape index (κ1) is 20.8. The van der Waals surface area contributed by atoms with Crippen molar-refractivity contribution in [3.8, 4) is 11.5 Å². The molecular formula is C21H19IN2O5. The summed E-state index contributed by atoms with van der Waals surface area (Å²) >= 11 is 2.10. The Kier molecular flexibility index (Phi) is 6.21. The smallest absolute Gasteiger partial charge is 0.335 e. The van der Waals surface area contributed by atoms with Gasteiger partial charge >= 0.3 is 6.03 Å². The molecular weight excluding hydrogens is 487 g/mol. The first-order chi connectivity index (χ1) is 13.9. The quantitative estimate of drug-likeness (QED) is 0.380. The van der Waals surface area contributed by atoms with Crippen LogP contribution in [0.5, 0.6) is 11.5 Å². The Morgan fingerprint density at radius 2 is 1.90 bits per heavy atom. The minimum Gasteiger partial charge on any atom is -0.493 e. The van der Waals surface area contributed by atoms with Crippen LogP contribution < -0.4 is 19.7 Å². The summed E-state index contributed by atoms with van der Waals surface area (Å²) in [4.78, 5) is 38.7. The van der Waals surface area contributed by atoms with E-state index in [1.165, 1.54) is 13.2 Å². The van der Waals surface area contributed by atoms with Crippen molar-refractivity contribution >= 4 is 52.2 Å². The molecule has 1 aliphatic rings. The normalized spacial score (nSPS) is 15.5. The van der Waals surface area contributed by atoms with Crippen LogP contribution in [0.1, 0.15) is 18.1 Å². The molecule has 150 valence electrons. The minimum atomic E-state index is -0.773. The maximum Gasteiger partial charge on any atom is 0.335 e. The van der Waals surface area contributed by atoms with Crippen molar-refractivity contribution in [1.82, 2.24) is 5.32 Å². The van der Waals surface area contributed by atoms with E-state index < -0.39 is 17.8 Å². The number of hydrogen-bond acceptors (Lipinski definition) is 5. The van der Waals surface area contributed by atoms with Crippen LogP contribution in [0.15, 0.2) is 42.0 Å². The Balaban J connectivity index is 2.05. The lowest BCUT2D eigenvalue weighted by Gasteiger charge is -2.27.